The van der Waals surface area contributed by atoms with E-state index in [1.165, 1.54) is 23.8 Å². The fourth-order valence-corrected chi connectivity index (χ4v) is 3.85. The van der Waals surface area contributed by atoms with Gasteiger partial charge in [0.2, 0.25) is 5.91 Å². The maximum absolute atomic E-state index is 12.3. The van der Waals surface area contributed by atoms with Crippen molar-refractivity contribution in [1.29, 1.82) is 0 Å². The molecule has 2 aromatic carbocycles. The molecule has 0 radical (unpaired) electrons. The highest BCUT2D eigenvalue weighted by Gasteiger charge is 2.30. The molecular formula is C23H26N2O3. The Hall–Kier alpha value is -2.92. The number of hydrogen-bond acceptors (Lipinski definition) is 3. The first-order valence-electron chi connectivity index (χ1n) is 9.59. The van der Waals surface area contributed by atoms with E-state index in [0.29, 0.717) is 18.5 Å². The van der Waals surface area contributed by atoms with Crippen molar-refractivity contribution < 1.29 is 14.7 Å². The van der Waals surface area contributed by atoms with Gasteiger partial charge in [0.1, 0.15) is 0 Å². The molecule has 0 saturated carbocycles. The summed E-state index contributed by atoms with van der Waals surface area (Å²) < 4.78 is 0. The van der Waals surface area contributed by atoms with Crippen LogP contribution < -0.4 is 5.32 Å². The number of carboxylic acid groups (broad SMARTS) is 1. The molecule has 1 aliphatic rings. The molecule has 1 amide bonds. The molecule has 146 valence electrons. The second kappa shape index (κ2) is 9.33. The van der Waals surface area contributed by atoms with E-state index in [9.17, 15) is 9.59 Å². The van der Waals surface area contributed by atoms with Crippen LogP contribution in [0.25, 0.3) is 6.08 Å². The van der Waals surface area contributed by atoms with E-state index < -0.39 is 5.97 Å². The molecule has 5 heteroatoms. The monoisotopic (exact) mass is 378 g/mol. The lowest BCUT2D eigenvalue weighted by molar-refractivity contribution is -0.116. The van der Waals surface area contributed by atoms with Gasteiger partial charge < -0.3 is 10.4 Å². The van der Waals surface area contributed by atoms with Gasteiger partial charge in [-0.1, -0.05) is 42.5 Å². The van der Waals surface area contributed by atoms with E-state index in [-0.39, 0.29) is 11.5 Å². The third-order valence-corrected chi connectivity index (χ3v) is 5.27. The van der Waals surface area contributed by atoms with Crippen LogP contribution in [0.4, 0.5) is 0 Å². The third kappa shape index (κ3) is 5.08. The quantitative estimate of drug-likeness (QED) is 0.754. The summed E-state index contributed by atoms with van der Waals surface area (Å²) in [5.41, 5.74) is 2.31. The van der Waals surface area contributed by atoms with Gasteiger partial charge in [0, 0.05) is 18.7 Å². The Labute approximate surface area is 165 Å². The van der Waals surface area contributed by atoms with E-state index in [4.69, 9.17) is 5.11 Å². The first-order valence-corrected chi connectivity index (χ1v) is 9.59. The zero-order valence-electron chi connectivity index (χ0n) is 16.0. The van der Waals surface area contributed by atoms with Gasteiger partial charge in [0.05, 0.1) is 5.56 Å². The van der Waals surface area contributed by atoms with Crippen molar-refractivity contribution in [2.75, 3.05) is 20.1 Å². The number of rotatable bonds is 6. The summed E-state index contributed by atoms with van der Waals surface area (Å²) in [6.07, 6.45) is 5.42. The van der Waals surface area contributed by atoms with Gasteiger partial charge in [-0.15, -0.1) is 0 Å². The molecular weight excluding hydrogens is 352 g/mol. The van der Waals surface area contributed by atoms with E-state index >= 15 is 0 Å². The highest BCUT2D eigenvalue weighted by atomic mass is 16.4. The topological polar surface area (TPSA) is 69.6 Å². The summed E-state index contributed by atoms with van der Waals surface area (Å²) in [5.74, 6) is -0.727. The average molecular weight is 378 g/mol. The predicted octanol–water partition coefficient (Wildman–Crippen LogP) is 3.60. The van der Waals surface area contributed by atoms with Crippen LogP contribution in [-0.2, 0) is 4.79 Å². The van der Waals surface area contributed by atoms with Crippen molar-refractivity contribution in [3.05, 3.63) is 77.4 Å². The molecule has 0 bridgehead atoms. The minimum Gasteiger partial charge on any atom is -0.478 e. The van der Waals surface area contributed by atoms with Crippen LogP contribution in [0.5, 0.6) is 0 Å². The maximum atomic E-state index is 12.3. The van der Waals surface area contributed by atoms with Crippen LogP contribution in [0.15, 0.2) is 60.7 Å². The van der Waals surface area contributed by atoms with E-state index in [2.05, 4.69) is 41.5 Å². The Balaban J connectivity index is 1.58. The van der Waals surface area contributed by atoms with Gasteiger partial charge in [0.15, 0.2) is 0 Å². The van der Waals surface area contributed by atoms with E-state index in [0.717, 1.165) is 24.9 Å². The van der Waals surface area contributed by atoms with Crippen molar-refractivity contribution in [1.82, 2.24) is 10.2 Å². The zero-order valence-corrected chi connectivity index (χ0v) is 16.0. The number of piperidine rings is 1. The van der Waals surface area contributed by atoms with Gasteiger partial charge in [-0.2, -0.15) is 0 Å². The summed E-state index contributed by atoms with van der Waals surface area (Å²) in [6.45, 7) is 1.70. The Bertz CT molecular complexity index is 831. The first kappa shape index (κ1) is 19.8. The number of benzene rings is 2. The molecule has 0 unspecified atom stereocenters. The van der Waals surface area contributed by atoms with Crippen molar-refractivity contribution in [3.8, 4) is 0 Å². The average Bonchev–Trinajstić information content (AvgIpc) is 2.71. The molecule has 1 fully saturated rings. The van der Waals surface area contributed by atoms with Crippen LogP contribution in [0.2, 0.25) is 0 Å². The zero-order chi connectivity index (χ0) is 19.9. The van der Waals surface area contributed by atoms with Crippen molar-refractivity contribution in [2.45, 2.75) is 18.9 Å². The molecule has 1 saturated heterocycles. The highest BCUT2D eigenvalue weighted by Crippen LogP contribution is 2.34. The molecule has 3 rings (SSSR count). The second-order valence-corrected chi connectivity index (χ2v) is 7.24. The molecule has 0 aliphatic carbocycles. The normalized spacial score (nSPS) is 20.2. The number of hydrogen-bond donors (Lipinski definition) is 2. The Morgan fingerprint density at radius 2 is 1.86 bits per heavy atom. The lowest BCUT2D eigenvalue weighted by atomic mass is 9.85. The Kier molecular flexibility index (Phi) is 6.61. The predicted molar refractivity (Wildman–Crippen MR) is 110 cm³/mol. The van der Waals surface area contributed by atoms with Gasteiger partial charge >= 0.3 is 5.97 Å². The van der Waals surface area contributed by atoms with Gasteiger partial charge in [0.25, 0.3) is 0 Å². The molecule has 1 aliphatic heterocycles. The first-order chi connectivity index (χ1) is 13.5. The number of aromatic carboxylic acids is 1. The molecule has 0 aromatic heterocycles. The number of carbonyl (C=O) groups is 2. The summed E-state index contributed by atoms with van der Waals surface area (Å²) in [4.78, 5) is 25.5. The largest absolute Gasteiger partial charge is 0.478 e. The number of nitrogens with zero attached hydrogens (tertiary/aromatic N) is 1. The van der Waals surface area contributed by atoms with Crippen LogP contribution in [-0.4, -0.2) is 42.0 Å². The standard InChI is InChI=1S/C23H26N2O3/c1-25-15-5-8-20(22(25)18-6-3-2-4-7-18)16-24-21(26)14-11-17-9-12-19(13-10-17)23(27)28/h2-4,6-7,9-14,20,22H,5,8,15-16H2,1H3,(H,24,26)(H,27,28)/b14-11+/t20-,22-/m0/s1. The third-order valence-electron chi connectivity index (χ3n) is 5.27. The molecule has 1 heterocycles. The molecule has 2 aromatic rings. The molecule has 2 N–H and O–H groups in total. The molecule has 2 atom stereocenters. The minimum atomic E-state index is -0.960. The number of carbonyl (C=O) groups excluding carboxylic acids is 1. The smallest absolute Gasteiger partial charge is 0.335 e. The maximum Gasteiger partial charge on any atom is 0.335 e. The lowest BCUT2D eigenvalue weighted by Crippen LogP contribution is -2.41. The fourth-order valence-electron chi connectivity index (χ4n) is 3.85. The second-order valence-electron chi connectivity index (χ2n) is 7.24. The van der Waals surface area contributed by atoms with Crippen LogP contribution in [0.3, 0.4) is 0 Å². The van der Waals surface area contributed by atoms with Crippen molar-refractivity contribution in [3.63, 3.8) is 0 Å². The SMILES string of the molecule is CN1CCC[C@@H](CNC(=O)/C=C/c2ccc(C(=O)O)cc2)[C@@H]1c1ccccc1. The van der Waals surface area contributed by atoms with Crippen LogP contribution in [0.1, 0.15) is 40.4 Å². The van der Waals surface area contributed by atoms with Crippen molar-refractivity contribution in [2.24, 2.45) is 5.92 Å². The van der Waals surface area contributed by atoms with E-state index in [1.807, 2.05) is 6.07 Å². The fraction of sp³-hybridized carbons (Fsp3) is 0.304. The summed E-state index contributed by atoms with van der Waals surface area (Å²) in [7, 11) is 2.15. The number of likely N-dealkylation sites (tertiary alicyclic amines) is 1. The molecule has 28 heavy (non-hydrogen) atoms. The summed E-state index contributed by atoms with van der Waals surface area (Å²) >= 11 is 0. The molecule has 5 nitrogen and oxygen atoms in total. The van der Waals surface area contributed by atoms with Gasteiger partial charge in [-0.05, 0) is 61.7 Å². The van der Waals surface area contributed by atoms with Crippen molar-refractivity contribution >= 4 is 18.0 Å². The van der Waals surface area contributed by atoms with E-state index in [1.54, 1.807) is 18.2 Å². The highest BCUT2D eigenvalue weighted by molar-refractivity contribution is 5.92. The van der Waals surface area contributed by atoms with Gasteiger partial charge in [-0.3, -0.25) is 9.69 Å². The Morgan fingerprint density at radius 1 is 1.14 bits per heavy atom. The summed E-state index contributed by atoms with van der Waals surface area (Å²) in [5, 5.41) is 12.0. The van der Waals surface area contributed by atoms with Crippen LogP contribution in [0, 0.1) is 5.92 Å². The lowest BCUT2D eigenvalue weighted by Gasteiger charge is -2.39. The number of amides is 1. The number of nitrogens with one attached hydrogen (secondary N) is 1. The molecule has 0 spiro atoms. The van der Waals surface area contributed by atoms with Crippen LogP contribution >= 0.6 is 0 Å². The minimum absolute atomic E-state index is 0.137. The number of carboxylic acids is 1. The Morgan fingerprint density at radius 3 is 2.54 bits per heavy atom. The summed E-state index contributed by atoms with van der Waals surface area (Å²) in [6, 6.07) is 17.2. The van der Waals surface area contributed by atoms with Gasteiger partial charge in [-0.25, -0.2) is 4.79 Å².